The van der Waals surface area contributed by atoms with Crippen LogP contribution in [0.15, 0.2) is 18.2 Å². The van der Waals surface area contributed by atoms with Crippen molar-refractivity contribution in [3.05, 3.63) is 38.4 Å². The smallest absolute Gasteiger partial charge is 0.294 e. The van der Waals surface area contributed by atoms with Gasteiger partial charge in [0.15, 0.2) is 0 Å². The van der Waals surface area contributed by atoms with Gasteiger partial charge in [-0.2, -0.15) is 0 Å². The molecule has 28 heavy (non-hydrogen) atoms. The van der Waals surface area contributed by atoms with Gasteiger partial charge in [-0.15, -0.1) is 10.1 Å². The lowest BCUT2D eigenvalue weighted by Gasteiger charge is -2.28. The fourth-order valence-electron chi connectivity index (χ4n) is 2.07. The SMILES string of the molecule is CC(C)(CNC(=O)CCCO[N+](=O)[O-])NCC(O)COc1cc(Cl)ccc1Cl. The van der Waals surface area contributed by atoms with Gasteiger partial charge in [0.2, 0.25) is 5.91 Å². The van der Waals surface area contributed by atoms with Crippen LogP contribution in [0, 0.1) is 10.1 Å². The first-order valence-electron chi connectivity index (χ1n) is 8.64. The van der Waals surface area contributed by atoms with Crippen LogP contribution in [0.4, 0.5) is 0 Å². The van der Waals surface area contributed by atoms with Gasteiger partial charge in [-0.05, 0) is 32.4 Å². The molecule has 0 saturated heterocycles. The Morgan fingerprint density at radius 1 is 1.39 bits per heavy atom. The van der Waals surface area contributed by atoms with Crippen molar-refractivity contribution in [3.63, 3.8) is 0 Å². The summed E-state index contributed by atoms with van der Waals surface area (Å²) in [5.74, 6) is 0.155. The Balaban J connectivity index is 2.26. The maximum Gasteiger partial charge on any atom is 0.294 e. The van der Waals surface area contributed by atoms with E-state index in [4.69, 9.17) is 27.9 Å². The molecule has 0 aliphatic carbocycles. The van der Waals surface area contributed by atoms with Crippen molar-refractivity contribution in [1.29, 1.82) is 0 Å². The lowest BCUT2D eigenvalue weighted by Crippen LogP contribution is -2.51. The van der Waals surface area contributed by atoms with E-state index in [9.17, 15) is 20.0 Å². The van der Waals surface area contributed by atoms with Crippen molar-refractivity contribution in [1.82, 2.24) is 10.6 Å². The number of aliphatic hydroxyl groups excluding tert-OH is 1. The Morgan fingerprint density at radius 3 is 2.79 bits per heavy atom. The highest BCUT2D eigenvalue weighted by Gasteiger charge is 2.20. The Kier molecular flexibility index (Phi) is 10.3. The molecular formula is C17H25Cl2N3O6. The molecule has 0 aliphatic heterocycles. The molecule has 1 unspecified atom stereocenters. The van der Waals surface area contributed by atoms with Crippen LogP contribution < -0.4 is 15.4 Å². The molecule has 158 valence electrons. The van der Waals surface area contributed by atoms with Crippen LogP contribution in [0.25, 0.3) is 0 Å². The molecule has 11 heteroatoms. The molecule has 3 N–H and O–H groups in total. The van der Waals surface area contributed by atoms with Crippen molar-refractivity contribution in [2.45, 2.75) is 38.3 Å². The molecule has 9 nitrogen and oxygen atoms in total. The molecule has 0 spiro atoms. The van der Waals surface area contributed by atoms with E-state index in [0.717, 1.165) is 0 Å². The number of β-amino-alcohol motifs (C(OH)–C–C–N with tert-alkyl or cyclic N) is 1. The fourth-order valence-corrected chi connectivity index (χ4v) is 2.40. The number of carbonyl (C=O) groups is 1. The van der Waals surface area contributed by atoms with Gasteiger partial charge in [0.1, 0.15) is 18.5 Å². The minimum absolute atomic E-state index is 0.0198. The lowest BCUT2D eigenvalue weighted by molar-refractivity contribution is -0.757. The number of hydrogen-bond acceptors (Lipinski definition) is 7. The Morgan fingerprint density at radius 2 is 2.11 bits per heavy atom. The predicted octanol–water partition coefficient (Wildman–Crippen LogP) is 2.21. The van der Waals surface area contributed by atoms with E-state index in [2.05, 4.69) is 15.5 Å². The van der Waals surface area contributed by atoms with E-state index in [1.807, 2.05) is 13.8 Å². The summed E-state index contributed by atoms with van der Waals surface area (Å²) in [4.78, 5) is 25.9. The number of ether oxygens (including phenoxy) is 1. The number of carbonyl (C=O) groups excluding carboxylic acids is 1. The van der Waals surface area contributed by atoms with Crippen molar-refractivity contribution in [2.24, 2.45) is 0 Å². The molecule has 0 saturated carbocycles. The fraction of sp³-hybridized carbons (Fsp3) is 0.588. The summed E-state index contributed by atoms with van der Waals surface area (Å²) in [5, 5.41) is 26.0. The summed E-state index contributed by atoms with van der Waals surface area (Å²) in [6, 6.07) is 4.82. The highest BCUT2D eigenvalue weighted by molar-refractivity contribution is 6.34. The maximum atomic E-state index is 11.7. The minimum atomic E-state index is -0.889. The number of benzene rings is 1. The van der Waals surface area contributed by atoms with Crippen molar-refractivity contribution >= 4 is 29.1 Å². The quantitative estimate of drug-likeness (QED) is 0.245. The number of hydrogen-bond donors (Lipinski definition) is 3. The summed E-state index contributed by atoms with van der Waals surface area (Å²) >= 11 is 11.9. The highest BCUT2D eigenvalue weighted by Crippen LogP contribution is 2.27. The first-order chi connectivity index (χ1) is 13.1. The summed E-state index contributed by atoms with van der Waals surface area (Å²) in [6.07, 6.45) is -0.423. The van der Waals surface area contributed by atoms with Crippen LogP contribution in [0.1, 0.15) is 26.7 Å². The molecule has 0 aromatic heterocycles. The average Bonchev–Trinajstić information content (AvgIpc) is 2.62. The van der Waals surface area contributed by atoms with Gasteiger partial charge in [-0.25, -0.2) is 0 Å². The standard InChI is InChI=1S/C17H25Cl2N3O6/c1-17(2,11-20-16(24)4-3-7-28-22(25)26)21-9-13(23)10-27-15-8-12(18)5-6-14(15)19/h5-6,8,13,21,23H,3-4,7,9-11H2,1-2H3,(H,20,24). The second-order valence-electron chi connectivity index (χ2n) is 6.74. The number of aliphatic hydroxyl groups is 1. The zero-order valence-electron chi connectivity index (χ0n) is 15.7. The van der Waals surface area contributed by atoms with Crippen LogP contribution in [0.3, 0.4) is 0 Å². The van der Waals surface area contributed by atoms with Gasteiger partial charge < -0.3 is 25.3 Å². The lowest BCUT2D eigenvalue weighted by atomic mass is 10.1. The minimum Gasteiger partial charge on any atom is -0.489 e. The molecule has 0 fully saturated rings. The molecule has 1 aromatic rings. The first kappa shape index (κ1) is 24.2. The monoisotopic (exact) mass is 437 g/mol. The zero-order valence-corrected chi connectivity index (χ0v) is 17.3. The van der Waals surface area contributed by atoms with Crippen molar-refractivity contribution in [2.75, 3.05) is 26.3 Å². The molecule has 1 aromatic carbocycles. The molecule has 1 rings (SSSR count). The summed E-state index contributed by atoms with van der Waals surface area (Å²) < 4.78 is 5.48. The third-order valence-corrected chi connectivity index (χ3v) is 4.16. The number of nitrogens with one attached hydrogen (secondary N) is 2. The number of amides is 1. The molecule has 1 atom stereocenters. The van der Waals surface area contributed by atoms with Crippen molar-refractivity contribution < 1.29 is 24.6 Å². The normalized spacial score (nSPS) is 12.3. The maximum absolute atomic E-state index is 11.7. The average molecular weight is 438 g/mol. The third kappa shape index (κ3) is 10.5. The number of rotatable bonds is 13. The van der Waals surface area contributed by atoms with Gasteiger partial charge >= 0.3 is 0 Å². The first-order valence-corrected chi connectivity index (χ1v) is 9.39. The van der Waals surface area contributed by atoms with Gasteiger partial charge in [0.25, 0.3) is 5.09 Å². The topological polar surface area (TPSA) is 123 Å². The van der Waals surface area contributed by atoms with E-state index in [1.165, 1.54) is 0 Å². The van der Waals surface area contributed by atoms with E-state index < -0.39 is 16.7 Å². The molecule has 0 aliphatic rings. The van der Waals surface area contributed by atoms with Crippen LogP contribution in [0.2, 0.25) is 10.0 Å². The van der Waals surface area contributed by atoms with E-state index in [-0.39, 0.29) is 38.5 Å². The van der Waals surface area contributed by atoms with E-state index in [0.29, 0.717) is 22.3 Å². The molecule has 0 heterocycles. The van der Waals surface area contributed by atoms with E-state index >= 15 is 0 Å². The summed E-state index contributed by atoms with van der Waals surface area (Å²) in [6.45, 7) is 4.18. The van der Waals surface area contributed by atoms with Crippen LogP contribution in [-0.2, 0) is 9.63 Å². The van der Waals surface area contributed by atoms with Crippen LogP contribution >= 0.6 is 23.2 Å². The van der Waals surface area contributed by atoms with Gasteiger partial charge in [-0.1, -0.05) is 23.2 Å². The summed E-state index contributed by atoms with van der Waals surface area (Å²) in [5.41, 5.74) is -0.484. The number of nitrogens with zero attached hydrogens (tertiary/aromatic N) is 1. The Labute approximate surface area is 173 Å². The van der Waals surface area contributed by atoms with Gasteiger partial charge in [0, 0.05) is 36.1 Å². The van der Waals surface area contributed by atoms with Crippen LogP contribution in [0.5, 0.6) is 5.75 Å². The second-order valence-corrected chi connectivity index (χ2v) is 7.59. The largest absolute Gasteiger partial charge is 0.489 e. The summed E-state index contributed by atoms with van der Waals surface area (Å²) in [7, 11) is 0. The Bertz CT molecular complexity index is 660. The van der Waals surface area contributed by atoms with E-state index in [1.54, 1.807) is 18.2 Å². The molecular weight excluding hydrogens is 413 g/mol. The second kappa shape index (κ2) is 11.9. The van der Waals surface area contributed by atoms with Gasteiger partial charge in [0.05, 0.1) is 11.6 Å². The Hall–Kier alpha value is -1.81. The predicted molar refractivity (Wildman–Crippen MR) is 105 cm³/mol. The van der Waals surface area contributed by atoms with Crippen LogP contribution in [-0.4, -0.2) is 54.0 Å². The third-order valence-electron chi connectivity index (χ3n) is 3.61. The number of halogens is 2. The molecule has 0 radical (unpaired) electrons. The van der Waals surface area contributed by atoms with Crippen molar-refractivity contribution in [3.8, 4) is 5.75 Å². The zero-order chi connectivity index (χ0) is 21.2. The molecule has 0 bridgehead atoms. The van der Waals surface area contributed by atoms with Gasteiger partial charge in [-0.3, -0.25) is 4.79 Å². The highest BCUT2D eigenvalue weighted by atomic mass is 35.5. The molecule has 1 amide bonds.